The summed E-state index contributed by atoms with van der Waals surface area (Å²) in [5.74, 6) is 0.566. The van der Waals surface area contributed by atoms with Crippen LogP contribution in [0.2, 0.25) is 5.02 Å². The molecule has 0 saturated heterocycles. The fraction of sp³-hybridized carbons (Fsp3) is 0.143. The van der Waals surface area contributed by atoms with Crippen molar-refractivity contribution < 1.29 is 9.15 Å². The largest absolute Gasteiger partial charge is 0.481 e. The van der Waals surface area contributed by atoms with Gasteiger partial charge in [0.25, 0.3) is 0 Å². The lowest BCUT2D eigenvalue weighted by Gasteiger charge is -2.11. The number of aromatic nitrogens is 2. The van der Waals surface area contributed by atoms with Gasteiger partial charge in [0.2, 0.25) is 11.2 Å². The molecule has 0 fully saturated rings. The number of hydrogen-bond donors (Lipinski definition) is 0. The Balaban J connectivity index is 1.86. The van der Waals surface area contributed by atoms with Gasteiger partial charge in [-0.15, -0.1) is 0 Å². The van der Waals surface area contributed by atoms with Crippen LogP contribution in [0.5, 0.6) is 5.75 Å². The quantitative estimate of drug-likeness (QED) is 0.513. The van der Waals surface area contributed by atoms with Crippen molar-refractivity contribution in [2.24, 2.45) is 7.05 Å². The second kappa shape index (κ2) is 6.93. The lowest BCUT2D eigenvalue weighted by Crippen LogP contribution is -2.10. The maximum atomic E-state index is 13.1. The maximum Gasteiger partial charge on any atom is 0.235 e. The van der Waals surface area contributed by atoms with Gasteiger partial charge in [0.15, 0.2) is 5.76 Å². The first-order valence-electron chi connectivity index (χ1n) is 8.45. The number of hydrogen-bond acceptors (Lipinski definition) is 4. The van der Waals surface area contributed by atoms with Gasteiger partial charge >= 0.3 is 0 Å². The molecular formula is C21H17ClN2O3. The van der Waals surface area contributed by atoms with Gasteiger partial charge in [0.05, 0.1) is 11.6 Å². The fourth-order valence-electron chi connectivity index (χ4n) is 2.88. The van der Waals surface area contributed by atoms with Crippen molar-refractivity contribution in [1.82, 2.24) is 9.78 Å². The highest BCUT2D eigenvalue weighted by Gasteiger charge is 2.18. The van der Waals surface area contributed by atoms with Crippen LogP contribution in [0, 0.1) is 6.92 Å². The number of aryl methyl sites for hydroxylation is 2. The topological polar surface area (TPSA) is 57.3 Å². The second-order valence-electron chi connectivity index (χ2n) is 6.41. The zero-order valence-corrected chi connectivity index (χ0v) is 15.7. The van der Waals surface area contributed by atoms with E-state index in [1.807, 2.05) is 44.4 Å². The van der Waals surface area contributed by atoms with Crippen LogP contribution in [0.25, 0.3) is 22.3 Å². The maximum absolute atomic E-state index is 13.1. The van der Waals surface area contributed by atoms with E-state index in [1.54, 1.807) is 29.1 Å². The van der Waals surface area contributed by atoms with Crippen molar-refractivity contribution in [2.45, 2.75) is 13.5 Å². The van der Waals surface area contributed by atoms with Gasteiger partial charge in [-0.05, 0) is 25.1 Å². The highest BCUT2D eigenvalue weighted by Crippen LogP contribution is 2.32. The van der Waals surface area contributed by atoms with Gasteiger partial charge in [-0.3, -0.25) is 9.48 Å². The summed E-state index contributed by atoms with van der Waals surface area (Å²) < 4.78 is 13.6. The van der Waals surface area contributed by atoms with Gasteiger partial charge < -0.3 is 9.15 Å². The summed E-state index contributed by atoms with van der Waals surface area (Å²) in [4.78, 5) is 13.1. The van der Waals surface area contributed by atoms with E-state index in [4.69, 9.17) is 20.8 Å². The summed E-state index contributed by atoms with van der Waals surface area (Å²) in [6.07, 6.45) is 3.54. The molecule has 2 heterocycles. The molecule has 0 unspecified atom stereocenters. The fourth-order valence-corrected chi connectivity index (χ4v) is 3.05. The molecule has 136 valence electrons. The summed E-state index contributed by atoms with van der Waals surface area (Å²) in [7, 11) is 1.83. The molecule has 27 heavy (non-hydrogen) atoms. The number of fused-ring (bicyclic) bond motifs is 1. The average molecular weight is 381 g/mol. The van der Waals surface area contributed by atoms with Crippen molar-refractivity contribution in [1.29, 1.82) is 0 Å². The van der Waals surface area contributed by atoms with E-state index in [0.29, 0.717) is 21.8 Å². The molecule has 2 aromatic carbocycles. The molecule has 0 atom stereocenters. The van der Waals surface area contributed by atoms with E-state index in [0.717, 1.165) is 16.7 Å². The second-order valence-corrected chi connectivity index (χ2v) is 6.84. The van der Waals surface area contributed by atoms with Crippen LogP contribution in [-0.2, 0) is 13.7 Å². The SMILES string of the molecule is Cc1ccc(-c2oc3ccc(Cl)cc3c(=O)c2OCc2cnn(C)c2)cc1. The van der Waals surface area contributed by atoms with Crippen LogP contribution >= 0.6 is 11.6 Å². The molecule has 6 heteroatoms. The van der Waals surface area contributed by atoms with Gasteiger partial charge in [0.1, 0.15) is 12.2 Å². The van der Waals surface area contributed by atoms with E-state index in [1.165, 1.54) is 0 Å². The molecule has 0 N–H and O–H groups in total. The first kappa shape index (κ1) is 17.4. The summed E-state index contributed by atoms with van der Waals surface area (Å²) in [5, 5.41) is 4.98. The van der Waals surface area contributed by atoms with Crippen molar-refractivity contribution in [3.63, 3.8) is 0 Å². The minimum Gasteiger partial charge on any atom is -0.481 e. The third-order valence-corrected chi connectivity index (χ3v) is 4.50. The molecular weight excluding hydrogens is 364 g/mol. The van der Waals surface area contributed by atoms with Crippen LogP contribution in [0.1, 0.15) is 11.1 Å². The van der Waals surface area contributed by atoms with Crippen LogP contribution in [-0.4, -0.2) is 9.78 Å². The highest BCUT2D eigenvalue weighted by molar-refractivity contribution is 6.31. The monoisotopic (exact) mass is 380 g/mol. The minimum atomic E-state index is -0.252. The molecule has 0 aliphatic carbocycles. The van der Waals surface area contributed by atoms with Crippen LogP contribution in [0.3, 0.4) is 0 Å². The molecule has 0 spiro atoms. The highest BCUT2D eigenvalue weighted by atomic mass is 35.5. The average Bonchev–Trinajstić information content (AvgIpc) is 3.07. The van der Waals surface area contributed by atoms with Crippen LogP contribution < -0.4 is 10.2 Å². The number of halogens is 1. The van der Waals surface area contributed by atoms with Crippen molar-refractivity contribution in [3.8, 4) is 17.1 Å². The molecule has 2 aromatic heterocycles. The first-order valence-corrected chi connectivity index (χ1v) is 8.83. The molecule has 0 radical (unpaired) electrons. The standard InChI is InChI=1S/C21H17ClN2O3/c1-13-3-5-15(6-4-13)20-21(26-12-14-10-23-24(2)11-14)19(25)17-9-16(22)7-8-18(17)27-20/h3-11H,12H2,1-2H3. The Morgan fingerprint density at radius 1 is 1.19 bits per heavy atom. The molecule has 5 nitrogen and oxygen atoms in total. The predicted octanol–water partition coefficient (Wildman–Crippen LogP) is 4.73. The van der Waals surface area contributed by atoms with Crippen molar-refractivity contribution >= 4 is 22.6 Å². The van der Waals surface area contributed by atoms with E-state index in [9.17, 15) is 4.79 Å². The molecule has 0 bridgehead atoms. The summed E-state index contributed by atoms with van der Waals surface area (Å²) in [6.45, 7) is 2.21. The number of benzene rings is 2. The Bertz CT molecular complexity index is 1180. The third-order valence-electron chi connectivity index (χ3n) is 4.27. The first-order chi connectivity index (χ1) is 13.0. The molecule has 0 saturated carbocycles. The van der Waals surface area contributed by atoms with Crippen LogP contribution in [0.4, 0.5) is 0 Å². The molecule has 0 aliphatic rings. The number of nitrogens with zero attached hydrogens (tertiary/aromatic N) is 2. The van der Waals surface area contributed by atoms with E-state index >= 15 is 0 Å². The van der Waals surface area contributed by atoms with Crippen molar-refractivity contribution in [2.75, 3.05) is 0 Å². The van der Waals surface area contributed by atoms with Gasteiger partial charge in [0, 0.05) is 29.4 Å². The Morgan fingerprint density at radius 3 is 2.67 bits per heavy atom. The zero-order chi connectivity index (χ0) is 19.0. The Labute approximate surface area is 160 Å². The lowest BCUT2D eigenvalue weighted by atomic mass is 10.1. The Morgan fingerprint density at radius 2 is 1.96 bits per heavy atom. The zero-order valence-electron chi connectivity index (χ0n) is 14.9. The summed E-state index contributed by atoms with van der Waals surface area (Å²) in [5.41, 5.74) is 2.96. The van der Waals surface area contributed by atoms with Gasteiger partial charge in [-0.1, -0.05) is 41.4 Å². The van der Waals surface area contributed by atoms with Crippen molar-refractivity contribution in [3.05, 3.63) is 81.2 Å². The Hall–Kier alpha value is -3.05. The van der Waals surface area contributed by atoms with Crippen LogP contribution in [0.15, 0.2) is 64.1 Å². The van der Waals surface area contributed by atoms with E-state index < -0.39 is 0 Å². The smallest absolute Gasteiger partial charge is 0.235 e. The van der Waals surface area contributed by atoms with Gasteiger partial charge in [-0.2, -0.15) is 5.10 Å². The number of ether oxygens (including phenoxy) is 1. The normalized spacial score (nSPS) is 11.1. The lowest BCUT2D eigenvalue weighted by molar-refractivity contribution is 0.298. The van der Waals surface area contributed by atoms with E-state index in [2.05, 4.69) is 5.10 Å². The molecule has 0 amide bonds. The predicted molar refractivity (Wildman–Crippen MR) is 105 cm³/mol. The molecule has 0 aliphatic heterocycles. The Kier molecular flexibility index (Phi) is 4.46. The third kappa shape index (κ3) is 3.46. The summed E-state index contributed by atoms with van der Waals surface area (Å²) >= 11 is 6.06. The van der Waals surface area contributed by atoms with Gasteiger partial charge in [-0.25, -0.2) is 0 Å². The number of rotatable bonds is 4. The minimum absolute atomic E-state index is 0.164. The molecule has 4 aromatic rings. The molecule has 4 rings (SSSR count). The van der Waals surface area contributed by atoms with E-state index in [-0.39, 0.29) is 17.8 Å². The summed E-state index contributed by atoms with van der Waals surface area (Å²) in [6, 6.07) is 12.7.